The van der Waals surface area contributed by atoms with E-state index in [1.807, 2.05) is 36.4 Å². The lowest BCUT2D eigenvalue weighted by molar-refractivity contribution is 0.219. The van der Waals surface area contributed by atoms with Gasteiger partial charge in [-0.05, 0) is 55.7 Å². The van der Waals surface area contributed by atoms with Gasteiger partial charge in [0, 0.05) is 32.6 Å². The Bertz CT molecular complexity index is 998. The third-order valence-electron chi connectivity index (χ3n) is 5.96. The maximum atomic E-state index is 6.31. The summed E-state index contributed by atoms with van der Waals surface area (Å²) in [6.07, 6.45) is 6.24. The average molecular weight is 421 g/mol. The Morgan fingerprint density at radius 2 is 1.77 bits per heavy atom. The van der Waals surface area contributed by atoms with Gasteiger partial charge in [0.15, 0.2) is 0 Å². The number of nitrogens with zero attached hydrogens (tertiary/aromatic N) is 4. The molecule has 0 saturated carbocycles. The Labute approximate surface area is 182 Å². The third-order valence-corrected chi connectivity index (χ3v) is 5.96. The van der Waals surface area contributed by atoms with Gasteiger partial charge in [0.2, 0.25) is 11.8 Å². The fourth-order valence-electron chi connectivity index (χ4n) is 4.26. The van der Waals surface area contributed by atoms with E-state index in [2.05, 4.69) is 9.80 Å². The van der Waals surface area contributed by atoms with Gasteiger partial charge in [0.05, 0.1) is 31.2 Å². The molecule has 0 aliphatic carbocycles. The van der Waals surface area contributed by atoms with E-state index >= 15 is 0 Å². The van der Waals surface area contributed by atoms with Crippen molar-refractivity contribution in [2.24, 2.45) is 0 Å². The van der Waals surface area contributed by atoms with Crippen LogP contribution in [-0.4, -0.2) is 41.6 Å². The summed E-state index contributed by atoms with van der Waals surface area (Å²) < 4.78 is 17.1. The van der Waals surface area contributed by atoms with Crippen molar-refractivity contribution in [2.75, 3.05) is 31.6 Å². The van der Waals surface area contributed by atoms with E-state index in [9.17, 15) is 0 Å². The molecule has 4 heterocycles. The first-order valence-corrected chi connectivity index (χ1v) is 11.0. The van der Waals surface area contributed by atoms with Crippen molar-refractivity contribution < 1.29 is 13.9 Å². The topological polar surface area (TPSA) is 63.9 Å². The number of benzene rings is 1. The number of hydrogen-bond acceptors (Lipinski definition) is 7. The van der Waals surface area contributed by atoms with Crippen LogP contribution in [0.5, 0.6) is 17.4 Å². The van der Waals surface area contributed by atoms with Crippen LogP contribution in [-0.2, 0) is 19.5 Å². The van der Waals surface area contributed by atoms with Gasteiger partial charge < -0.3 is 18.8 Å². The van der Waals surface area contributed by atoms with Crippen molar-refractivity contribution in [3.63, 3.8) is 0 Å². The predicted octanol–water partition coefficient (Wildman–Crippen LogP) is 4.42. The lowest BCUT2D eigenvalue weighted by atomic mass is 10.1. The summed E-state index contributed by atoms with van der Waals surface area (Å²) in [5.74, 6) is 3.96. The van der Waals surface area contributed by atoms with Crippen LogP contribution in [0.25, 0.3) is 0 Å². The van der Waals surface area contributed by atoms with Crippen LogP contribution in [0.3, 0.4) is 0 Å². The molecule has 1 aromatic carbocycles. The molecule has 0 atom stereocenters. The van der Waals surface area contributed by atoms with Crippen LogP contribution < -0.4 is 14.4 Å². The predicted molar refractivity (Wildman–Crippen MR) is 118 cm³/mol. The second-order valence-electron chi connectivity index (χ2n) is 8.12. The number of furan rings is 1. The number of hydrogen-bond donors (Lipinski definition) is 0. The minimum Gasteiger partial charge on any atom is -0.497 e. The highest BCUT2D eigenvalue weighted by Gasteiger charge is 2.26. The second-order valence-corrected chi connectivity index (χ2v) is 8.12. The van der Waals surface area contributed by atoms with Gasteiger partial charge in [-0.2, -0.15) is 4.98 Å². The van der Waals surface area contributed by atoms with Gasteiger partial charge in [0.25, 0.3) is 0 Å². The summed E-state index contributed by atoms with van der Waals surface area (Å²) in [6, 6.07) is 11.6. The number of fused-ring (bicyclic) bond motifs is 1. The Balaban J connectivity index is 1.45. The van der Waals surface area contributed by atoms with E-state index in [0.717, 1.165) is 73.6 Å². The second kappa shape index (κ2) is 8.98. The summed E-state index contributed by atoms with van der Waals surface area (Å²) in [5.41, 5.74) is 2.16. The van der Waals surface area contributed by atoms with Crippen LogP contribution in [0.4, 0.5) is 5.95 Å². The minimum absolute atomic E-state index is 0.653. The molecule has 0 bridgehead atoms. The molecule has 0 unspecified atom stereocenters. The molecule has 1 fully saturated rings. The molecule has 3 aromatic rings. The zero-order valence-electron chi connectivity index (χ0n) is 17.9. The number of methoxy groups -OCH3 is 1. The first-order chi connectivity index (χ1) is 15.3. The molecule has 2 aromatic heterocycles. The smallest absolute Gasteiger partial charge is 0.228 e. The first kappa shape index (κ1) is 19.9. The van der Waals surface area contributed by atoms with Crippen molar-refractivity contribution in [3.05, 3.63) is 59.7 Å². The fraction of sp³-hybridized carbons (Fsp3) is 0.417. The van der Waals surface area contributed by atoms with Gasteiger partial charge in [-0.3, -0.25) is 4.90 Å². The summed E-state index contributed by atoms with van der Waals surface area (Å²) in [7, 11) is 1.66. The van der Waals surface area contributed by atoms with Crippen LogP contribution >= 0.6 is 0 Å². The average Bonchev–Trinajstić information content (AvgIpc) is 3.33. The largest absolute Gasteiger partial charge is 0.497 e. The summed E-state index contributed by atoms with van der Waals surface area (Å²) in [6.45, 7) is 4.45. The first-order valence-electron chi connectivity index (χ1n) is 11.0. The molecule has 7 heteroatoms. The lowest BCUT2D eigenvalue weighted by Gasteiger charge is -2.31. The summed E-state index contributed by atoms with van der Waals surface area (Å²) >= 11 is 0. The third kappa shape index (κ3) is 4.51. The van der Waals surface area contributed by atoms with Crippen molar-refractivity contribution >= 4 is 5.95 Å². The molecule has 7 nitrogen and oxygen atoms in total. The van der Waals surface area contributed by atoms with Gasteiger partial charge in [0.1, 0.15) is 17.3 Å². The Morgan fingerprint density at radius 1 is 0.968 bits per heavy atom. The van der Waals surface area contributed by atoms with E-state index < -0.39 is 0 Å². The monoisotopic (exact) mass is 420 g/mol. The van der Waals surface area contributed by atoms with Gasteiger partial charge in [-0.1, -0.05) is 0 Å². The number of aromatic nitrogens is 2. The minimum atomic E-state index is 0.653. The van der Waals surface area contributed by atoms with Crippen molar-refractivity contribution in [1.29, 1.82) is 0 Å². The zero-order chi connectivity index (χ0) is 21.0. The molecule has 0 N–H and O–H groups in total. The van der Waals surface area contributed by atoms with Crippen LogP contribution in [0.15, 0.2) is 47.1 Å². The Morgan fingerprint density at radius 3 is 2.52 bits per heavy atom. The van der Waals surface area contributed by atoms with Crippen LogP contribution in [0.2, 0.25) is 0 Å². The van der Waals surface area contributed by atoms with Gasteiger partial charge in [-0.15, -0.1) is 0 Å². The summed E-state index contributed by atoms with van der Waals surface area (Å²) in [5, 5.41) is 0. The molecule has 0 amide bonds. The van der Waals surface area contributed by atoms with E-state index in [-0.39, 0.29) is 0 Å². The van der Waals surface area contributed by atoms with Crippen molar-refractivity contribution in [1.82, 2.24) is 14.9 Å². The standard InChI is InChI=1S/C24H28N4O3/c1-29-18-7-9-19(10-8-18)31-23-21-17-27(16-20-6-5-15-30-20)14-11-22(21)25-24(26-23)28-12-3-2-4-13-28/h5-10,15H,2-4,11-14,16-17H2,1H3. The highest BCUT2D eigenvalue weighted by molar-refractivity contribution is 5.44. The Kier molecular flexibility index (Phi) is 5.76. The zero-order valence-corrected chi connectivity index (χ0v) is 17.9. The normalized spacial score (nSPS) is 16.7. The SMILES string of the molecule is COc1ccc(Oc2nc(N3CCCCC3)nc3c2CN(Cc2ccco2)CC3)cc1. The molecule has 1 saturated heterocycles. The molecule has 0 spiro atoms. The fourth-order valence-corrected chi connectivity index (χ4v) is 4.26. The molecule has 31 heavy (non-hydrogen) atoms. The van der Waals surface area contributed by atoms with Crippen LogP contribution in [0.1, 0.15) is 36.3 Å². The number of piperidine rings is 1. The van der Waals surface area contributed by atoms with Gasteiger partial charge in [-0.25, -0.2) is 4.98 Å². The molecular formula is C24H28N4O3. The number of anilines is 1. The number of rotatable bonds is 6. The summed E-state index contributed by atoms with van der Waals surface area (Å²) in [4.78, 5) is 14.5. The van der Waals surface area contributed by atoms with Gasteiger partial charge >= 0.3 is 0 Å². The maximum absolute atomic E-state index is 6.31. The van der Waals surface area contributed by atoms with E-state index in [1.54, 1.807) is 13.4 Å². The van der Waals surface area contributed by atoms with E-state index in [4.69, 9.17) is 23.9 Å². The van der Waals surface area contributed by atoms with E-state index in [1.165, 1.54) is 19.3 Å². The molecule has 162 valence electrons. The molecule has 5 rings (SSSR count). The number of ether oxygens (including phenoxy) is 2. The Hall–Kier alpha value is -3.06. The molecule has 2 aliphatic rings. The van der Waals surface area contributed by atoms with E-state index in [0.29, 0.717) is 5.88 Å². The highest BCUT2D eigenvalue weighted by atomic mass is 16.5. The van der Waals surface area contributed by atoms with Crippen LogP contribution in [0, 0.1) is 0 Å². The highest BCUT2D eigenvalue weighted by Crippen LogP contribution is 2.33. The molecular weight excluding hydrogens is 392 g/mol. The lowest BCUT2D eigenvalue weighted by Crippen LogP contribution is -2.34. The maximum Gasteiger partial charge on any atom is 0.228 e. The van der Waals surface area contributed by atoms with Crippen molar-refractivity contribution in [3.8, 4) is 17.4 Å². The molecule has 2 aliphatic heterocycles. The molecule has 0 radical (unpaired) electrons. The quantitative estimate of drug-likeness (QED) is 0.585. The van der Waals surface area contributed by atoms with Crippen molar-refractivity contribution in [2.45, 2.75) is 38.8 Å².